The number of imidazole rings is 1. The number of halogens is 1. The van der Waals surface area contributed by atoms with E-state index in [0.717, 1.165) is 29.7 Å². The Morgan fingerprint density at radius 1 is 1.15 bits per heavy atom. The molecule has 3 aromatic rings. The summed E-state index contributed by atoms with van der Waals surface area (Å²) in [6, 6.07) is 11.6. The minimum atomic E-state index is -0.167. The number of aliphatic hydroxyl groups excluding tert-OH is 1. The van der Waals surface area contributed by atoms with Crippen LogP contribution in [0.5, 0.6) is 5.88 Å². The van der Waals surface area contributed by atoms with Crippen molar-refractivity contribution in [3.05, 3.63) is 47.6 Å². The third-order valence-electron chi connectivity index (χ3n) is 4.30. The van der Waals surface area contributed by atoms with Crippen molar-refractivity contribution in [2.45, 2.75) is 58.2 Å². The highest BCUT2D eigenvalue weighted by Crippen LogP contribution is 2.26. The average Bonchev–Trinajstić information content (AvgIpc) is 3.05. The van der Waals surface area contributed by atoms with E-state index in [4.69, 9.17) is 21.4 Å². The molecule has 1 N–H and O–H groups in total. The van der Waals surface area contributed by atoms with Crippen molar-refractivity contribution in [2.75, 3.05) is 0 Å². The molecule has 4 rings (SSSR count). The molecule has 1 aromatic carbocycles. The first-order valence-electron chi connectivity index (χ1n) is 9.48. The molecule has 0 atom stereocenters. The van der Waals surface area contributed by atoms with Gasteiger partial charge in [0.1, 0.15) is 6.10 Å². The van der Waals surface area contributed by atoms with E-state index in [1.807, 2.05) is 47.1 Å². The molecule has 0 radical (unpaired) electrons. The Kier molecular flexibility index (Phi) is 6.69. The normalized spacial score (nSPS) is 14.9. The Bertz CT molecular complexity index is 870. The number of hydrogen-bond donors (Lipinski definition) is 1. The zero-order chi connectivity index (χ0) is 19.2. The first-order chi connectivity index (χ1) is 13.0. The summed E-state index contributed by atoms with van der Waals surface area (Å²) in [5.41, 5.74) is 2.71. The second kappa shape index (κ2) is 9.20. The third-order valence-corrected chi connectivity index (χ3v) is 4.53. The van der Waals surface area contributed by atoms with Crippen LogP contribution in [-0.2, 0) is 0 Å². The van der Waals surface area contributed by atoms with E-state index in [9.17, 15) is 0 Å². The number of ether oxygens (including phenoxy) is 1. The molecule has 0 unspecified atom stereocenters. The minimum absolute atomic E-state index is 0.167. The first kappa shape index (κ1) is 19.6. The standard InChI is InChI=1S/C18H18ClN3O.C3H8O/c19-14-6-4-5-13(11-14)16-12-20-17-9-10-18(21-22(16)17)23-15-7-2-1-3-8-15;1-3(2)4/h4-6,9-12,15H,1-3,7-8H2;3-4H,1-2H3. The largest absolute Gasteiger partial charge is 0.473 e. The Labute approximate surface area is 165 Å². The molecule has 0 spiro atoms. The molecule has 0 bridgehead atoms. The molecule has 0 amide bonds. The molecule has 1 saturated carbocycles. The summed E-state index contributed by atoms with van der Waals surface area (Å²) < 4.78 is 7.88. The molecule has 144 valence electrons. The van der Waals surface area contributed by atoms with Crippen LogP contribution in [0.4, 0.5) is 0 Å². The van der Waals surface area contributed by atoms with Gasteiger partial charge in [0, 0.05) is 22.8 Å². The number of fused-ring (bicyclic) bond motifs is 1. The van der Waals surface area contributed by atoms with Crippen molar-refractivity contribution in [1.82, 2.24) is 14.6 Å². The van der Waals surface area contributed by atoms with Gasteiger partial charge in [-0.05, 0) is 57.7 Å². The molecule has 2 heterocycles. The van der Waals surface area contributed by atoms with Crippen LogP contribution in [0.2, 0.25) is 5.02 Å². The highest BCUT2D eigenvalue weighted by molar-refractivity contribution is 6.30. The van der Waals surface area contributed by atoms with E-state index < -0.39 is 0 Å². The highest BCUT2D eigenvalue weighted by atomic mass is 35.5. The van der Waals surface area contributed by atoms with Crippen LogP contribution in [-0.4, -0.2) is 31.9 Å². The van der Waals surface area contributed by atoms with Gasteiger partial charge in [0.2, 0.25) is 5.88 Å². The summed E-state index contributed by atoms with van der Waals surface area (Å²) >= 11 is 6.10. The summed E-state index contributed by atoms with van der Waals surface area (Å²) in [5.74, 6) is 0.658. The van der Waals surface area contributed by atoms with E-state index in [-0.39, 0.29) is 12.2 Å². The number of nitrogens with zero attached hydrogens (tertiary/aromatic N) is 3. The van der Waals surface area contributed by atoms with E-state index in [1.54, 1.807) is 13.8 Å². The predicted molar refractivity (Wildman–Crippen MR) is 108 cm³/mol. The summed E-state index contributed by atoms with van der Waals surface area (Å²) in [5, 5.41) is 13.4. The van der Waals surface area contributed by atoms with Gasteiger partial charge >= 0.3 is 0 Å². The number of rotatable bonds is 3. The lowest BCUT2D eigenvalue weighted by Crippen LogP contribution is -2.20. The topological polar surface area (TPSA) is 59.7 Å². The van der Waals surface area contributed by atoms with E-state index in [2.05, 4.69) is 10.1 Å². The van der Waals surface area contributed by atoms with Crippen LogP contribution >= 0.6 is 11.6 Å². The van der Waals surface area contributed by atoms with Crippen LogP contribution in [0, 0.1) is 0 Å². The molecular formula is C21H26ClN3O2. The van der Waals surface area contributed by atoms with Gasteiger partial charge in [0.25, 0.3) is 0 Å². The fourth-order valence-corrected chi connectivity index (χ4v) is 3.31. The van der Waals surface area contributed by atoms with Crippen molar-refractivity contribution in [3.8, 4) is 17.1 Å². The summed E-state index contributed by atoms with van der Waals surface area (Å²) in [7, 11) is 0. The number of aromatic nitrogens is 3. The van der Waals surface area contributed by atoms with Crippen LogP contribution in [0.15, 0.2) is 42.6 Å². The van der Waals surface area contributed by atoms with E-state index >= 15 is 0 Å². The summed E-state index contributed by atoms with van der Waals surface area (Å²) in [4.78, 5) is 4.41. The summed E-state index contributed by atoms with van der Waals surface area (Å²) in [6.07, 6.45) is 7.96. The molecule has 6 heteroatoms. The maximum atomic E-state index is 8.06. The maximum absolute atomic E-state index is 8.06. The zero-order valence-electron chi connectivity index (χ0n) is 15.8. The Morgan fingerprint density at radius 2 is 1.89 bits per heavy atom. The van der Waals surface area contributed by atoms with Crippen LogP contribution in [0.25, 0.3) is 16.9 Å². The number of aliphatic hydroxyl groups is 1. The molecule has 1 aliphatic carbocycles. The lowest BCUT2D eigenvalue weighted by atomic mass is 9.98. The van der Waals surface area contributed by atoms with Crippen LogP contribution < -0.4 is 4.74 Å². The fourth-order valence-electron chi connectivity index (χ4n) is 3.12. The van der Waals surface area contributed by atoms with Gasteiger partial charge in [-0.25, -0.2) is 9.50 Å². The van der Waals surface area contributed by atoms with Crippen LogP contribution in [0.3, 0.4) is 0 Å². The van der Waals surface area contributed by atoms with Gasteiger partial charge in [-0.2, -0.15) is 0 Å². The first-order valence-corrected chi connectivity index (χ1v) is 9.86. The van der Waals surface area contributed by atoms with E-state index in [1.165, 1.54) is 19.3 Å². The van der Waals surface area contributed by atoms with Gasteiger partial charge in [-0.1, -0.05) is 30.2 Å². The zero-order valence-corrected chi connectivity index (χ0v) is 16.6. The van der Waals surface area contributed by atoms with Crippen molar-refractivity contribution < 1.29 is 9.84 Å². The second-order valence-corrected chi connectivity index (χ2v) is 7.50. The van der Waals surface area contributed by atoms with Gasteiger partial charge < -0.3 is 9.84 Å². The number of benzene rings is 1. The second-order valence-electron chi connectivity index (χ2n) is 7.07. The van der Waals surface area contributed by atoms with Gasteiger partial charge in [-0.3, -0.25) is 0 Å². The minimum Gasteiger partial charge on any atom is -0.473 e. The Hall–Kier alpha value is -2.11. The molecule has 0 aliphatic heterocycles. The molecular weight excluding hydrogens is 362 g/mol. The van der Waals surface area contributed by atoms with Crippen molar-refractivity contribution >= 4 is 17.2 Å². The predicted octanol–water partition coefficient (Wildman–Crippen LogP) is 5.15. The summed E-state index contributed by atoms with van der Waals surface area (Å²) in [6.45, 7) is 3.44. The number of hydrogen-bond acceptors (Lipinski definition) is 4. The SMILES string of the molecule is CC(C)O.Clc1cccc(-c2cnc3ccc(OC4CCCCC4)nn23)c1. The highest BCUT2D eigenvalue weighted by Gasteiger charge is 2.16. The van der Waals surface area contributed by atoms with Gasteiger partial charge in [0.05, 0.1) is 11.9 Å². The molecule has 1 fully saturated rings. The van der Waals surface area contributed by atoms with Gasteiger partial charge in [-0.15, -0.1) is 5.10 Å². The smallest absolute Gasteiger partial charge is 0.232 e. The molecule has 5 nitrogen and oxygen atoms in total. The molecule has 1 aliphatic rings. The van der Waals surface area contributed by atoms with Crippen molar-refractivity contribution in [2.24, 2.45) is 0 Å². The lowest BCUT2D eigenvalue weighted by Gasteiger charge is -2.22. The lowest BCUT2D eigenvalue weighted by molar-refractivity contribution is 0.147. The third kappa shape index (κ3) is 5.44. The van der Waals surface area contributed by atoms with Gasteiger partial charge in [0.15, 0.2) is 5.65 Å². The maximum Gasteiger partial charge on any atom is 0.232 e. The monoisotopic (exact) mass is 387 g/mol. The van der Waals surface area contributed by atoms with Crippen molar-refractivity contribution in [3.63, 3.8) is 0 Å². The molecule has 2 aromatic heterocycles. The average molecular weight is 388 g/mol. The fraction of sp³-hybridized carbons (Fsp3) is 0.429. The molecule has 27 heavy (non-hydrogen) atoms. The Balaban J connectivity index is 0.000000481. The molecule has 0 saturated heterocycles. The quantitative estimate of drug-likeness (QED) is 0.675. The Morgan fingerprint density at radius 3 is 2.59 bits per heavy atom. The van der Waals surface area contributed by atoms with Crippen LogP contribution in [0.1, 0.15) is 46.0 Å². The van der Waals surface area contributed by atoms with Crippen molar-refractivity contribution in [1.29, 1.82) is 0 Å². The van der Waals surface area contributed by atoms with E-state index in [0.29, 0.717) is 10.9 Å².